The molecule has 1 amide bonds. The van der Waals surface area contributed by atoms with Crippen molar-refractivity contribution < 1.29 is 17.9 Å². The summed E-state index contributed by atoms with van der Waals surface area (Å²) in [6, 6.07) is 12.2. The molecule has 0 radical (unpaired) electrons. The van der Waals surface area contributed by atoms with Crippen molar-refractivity contribution in [1.82, 2.24) is 14.5 Å². The molecule has 9 heteroatoms. The number of nitrogens with zero attached hydrogens (tertiary/aromatic N) is 2. The average molecular weight is 400 g/mol. The van der Waals surface area contributed by atoms with Crippen molar-refractivity contribution in [3.8, 4) is 0 Å². The zero-order chi connectivity index (χ0) is 19.7. The first kappa shape index (κ1) is 18.6. The standard InChI is InChI=1S/C19H20N4O4S/c1-13-6-7-14(12-17(13)28(25,26)23-8-10-27-11-9-23)20-19(24)18-15-4-2-3-5-16(15)21-22-18/h2-7,12H,8-11H2,1H3,(H,20,24)(H,21,22). The number of rotatable bonds is 4. The van der Waals surface area contributed by atoms with Crippen molar-refractivity contribution in [3.05, 3.63) is 53.7 Å². The third kappa shape index (κ3) is 3.39. The van der Waals surface area contributed by atoms with Crippen LogP contribution < -0.4 is 5.32 Å². The Bertz CT molecular complexity index is 1130. The number of H-pyrrole nitrogens is 1. The molecule has 1 aliphatic rings. The van der Waals surface area contributed by atoms with Gasteiger partial charge in [-0.1, -0.05) is 24.3 Å². The van der Waals surface area contributed by atoms with Gasteiger partial charge in [0.1, 0.15) is 0 Å². The van der Waals surface area contributed by atoms with Crippen LogP contribution in [0.15, 0.2) is 47.4 Å². The van der Waals surface area contributed by atoms with Crippen LogP contribution in [0.5, 0.6) is 0 Å². The Hall–Kier alpha value is -2.75. The molecule has 1 fully saturated rings. The van der Waals surface area contributed by atoms with Gasteiger partial charge in [-0.15, -0.1) is 0 Å². The molecule has 4 rings (SSSR count). The van der Waals surface area contributed by atoms with Crippen LogP contribution in [0.3, 0.4) is 0 Å². The van der Waals surface area contributed by atoms with E-state index in [1.165, 1.54) is 10.4 Å². The molecule has 0 bridgehead atoms. The molecule has 0 saturated carbocycles. The first-order valence-electron chi connectivity index (χ1n) is 8.90. The maximum atomic E-state index is 13.0. The number of carbonyl (C=O) groups is 1. The number of aryl methyl sites for hydroxylation is 1. The van der Waals surface area contributed by atoms with E-state index < -0.39 is 15.9 Å². The van der Waals surface area contributed by atoms with E-state index >= 15 is 0 Å². The van der Waals surface area contributed by atoms with E-state index in [1.807, 2.05) is 18.2 Å². The second-order valence-electron chi connectivity index (χ2n) is 6.57. The summed E-state index contributed by atoms with van der Waals surface area (Å²) in [5, 5.41) is 10.3. The number of para-hydroxylation sites is 1. The minimum Gasteiger partial charge on any atom is -0.379 e. The van der Waals surface area contributed by atoms with Gasteiger partial charge in [0.2, 0.25) is 10.0 Å². The van der Waals surface area contributed by atoms with Crippen molar-refractivity contribution in [2.45, 2.75) is 11.8 Å². The molecular formula is C19H20N4O4S. The molecule has 8 nitrogen and oxygen atoms in total. The molecule has 2 N–H and O–H groups in total. The highest BCUT2D eigenvalue weighted by Gasteiger charge is 2.28. The number of anilines is 1. The molecule has 1 saturated heterocycles. The fraction of sp³-hybridized carbons (Fsp3) is 0.263. The van der Waals surface area contributed by atoms with Gasteiger partial charge in [0.15, 0.2) is 5.69 Å². The lowest BCUT2D eigenvalue weighted by atomic mass is 10.2. The van der Waals surface area contributed by atoms with Crippen LogP contribution in [0.1, 0.15) is 16.1 Å². The van der Waals surface area contributed by atoms with Crippen molar-refractivity contribution >= 4 is 32.5 Å². The smallest absolute Gasteiger partial charge is 0.276 e. The van der Waals surface area contributed by atoms with Crippen LogP contribution >= 0.6 is 0 Å². The maximum absolute atomic E-state index is 13.0. The molecule has 146 valence electrons. The molecule has 1 aliphatic heterocycles. The van der Waals surface area contributed by atoms with Crippen molar-refractivity contribution in [2.75, 3.05) is 31.6 Å². The average Bonchev–Trinajstić information content (AvgIpc) is 3.14. The van der Waals surface area contributed by atoms with Crippen molar-refractivity contribution in [3.63, 3.8) is 0 Å². The van der Waals surface area contributed by atoms with Crippen LogP contribution in [0.2, 0.25) is 0 Å². The highest BCUT2D eigenvalue weighted by Crippen LogP contribution is 2.25. The van der Waals surface area contributed by atoms with Gasteiger partial charge in [-0.2, -0.15) is 9.40 Å². The number of carbonyl (C=O) groups excluding carboxylic acids is 1. The van der Waals surface area contributed by atoms with E-state index in [2.05, 4.69) is 15.5 Å². The summed E-state index contributed by atoms with van der Waals surface area (Å²) in [5.41, 5.74) is 2.03. The Morgan fingerprint density at radius 1 is 1.18 bits per heavy atom. The monoisotopic (exact) mass is 400 g/mol. The van der Waals surface area contributed by atoms with Gasteiger partial charge < -0.3 is 10.1 Å². The number of sulfonamides is 1. The van der Waals surface area contributed by atoms with E-state index in [0.717, 1.165) is 5.52 Å². The number of aromatic nitrogens is 2. The zero-order valence-corrected chi connectivity index (χ0v) is 16.1. The van der Waals surface area contributed by atoms with Crippen LogP contribution in [-0.4, -0.2) is 55.1 Å². The number of morpholine rings is 1. The second-order valence-corrected chi connectivity index (χ2v) is 8.48. The lowest BCUT2D eigenvalue weighted by Crippen LogP contribution is -2.40. The largest absolute Gasteiger partial charge is 0.379 e. The summed E-state index contributed by atoms with van der Waals surface area (Å²) in [4.78, 5) is 12.8. The molecule has 0 unspecified atom stereocenters. The molecule has 0 spiro atoms. The zero-order valence-electron chi connectivity index (χ0n) is 15.3. The van der Waals surface area contributed by atoms with E-state index in [0.29, 0.717) is 42.9 Å². The summed E-state index contributed by atoms with van der Waals surface area (Å²) in [6.45, 7) is 3.12. The normalized spacial score (nSPS) is 15.6. The second kappa shape index (κ2) is 7.34. The van der Waals surface area contributed by atoms with Gasteiger partial charge in [-0.25, -0.2) is 8.42 Å². The summed E-state index contributed by atoms with van der Waals surface area (Å²) >= 11 is 0. The summed E-state index contributed by atoms with van der Waals surface area (Å²) in [6.07, 6.45) is 0. The summed E-state index contributed by atoms with van der Waals surface area (Å²) in [5.74, 6) is -0.406. The van der Waals surface area contributed by atoms with Crippen LogP contribution in [-0.2, 0) is 14.8 Å². The lowest BCUT2D eigenvalue weighted by Gasteiger charge is -2.26. The maximum Gasteiger partial charge on any atom is 0.276 e. The quantitative estimate of drug-likeness (QED) is 0.698. The van der Waals surface area contributed by atoms with Gasteiger partial charge in [-0.3, -0.25) is 9.89 Å². The number of nitrogens with one attached hydrogen (secondary N) is 2. The number of hydrogen-bond acceptors (Lipinski definition) is 5. The molecule has 28 heavy (non-hydrogen) atoms. The Labute approximate surface area is 162 Å². The summed E-state index contributed by atoms with van der Waals surface area (Å²) < 4.78 is 32.6. The molecule has 1 aromatic heterocycles. The first-order chi connectivity index (χ1) is 13.5. The van der Waals surface area contributed by atoms with Crippen molar-refractivity contribution in [2.24, 2.45) is 0 Å². The highest BCUT2D eigenvalue weighted by atomic mass is 32.2. The topological polar surface area (TPSA) is 104 Å². The SMILES string of the molecule is Cc1ccc(NC(=O)c2n[nH]c3ccccc23)cc1S(=O)(=O)N1CCOCC1. The number of aromatic amines is 1. The number of ether oxygens (including phenoxy) is 1. The Balaban J connectivity index is 1.63. The third-order valence-corrected chi connectivity index (χ3v) is 6.76. The number of hydrogen-bond donors (Lipinski definition) is 2. The van der Waals surface area contributed by atoms with E-state index in [1.54, 1.807) is 25.1 Å². The van der Waals surface area contributed by atoms with Gasteiger partial charge >= 0.3 is 0 Å². The predicted octanol–water partition coefficient (Wildman–Crippen LogP) is 2.14. The fourth-order valence-electron chi connectivity index (χ4n) is 3.21. The highest BCUT2D eigenvalue weighted by molar-refractivity contribution is 7.89. The third-order valence-electron chi connectivity index (χ3n) is 4.72. The Kier molecular flexibility index (Phi) is 4.88. The Morgan fingerprint density at radius 3 is 2.71 bits per heavy atom. The van der Waals surface area contributed by atoms with Crippen LogP contribution in [0.25, 0.3) is 10.9 Å². The van der Waals surface area contributed by atoms with E-state index in [4.69, 9.17) is 4.74 Å². The Morgan fingerprint density at radius 2 is 1.93 bits per heavy atom. The van der Waals surface area contributed by atoms with Gasteiger partial charge in [-0.05, 0) is 30.7 Å². The molecule has 0 atom stereocenters. The number of benzene rings is 2. The van der Waals surface area contributed by atoms with Gasteiger partial charge in [0.25, 0.3) is 5.91 Å². The van der Waals surface area contributed by atoms with Crippen LogP contribution in [0.4, 0.5) is 5.69 Å². The minimum atomic E-state index is -3.66. The minimum absolute atomic E-state index is 0.180. The van der Waals surface area contributed by atoms with Gasteiger partial charge in [0, 0.05) is 24.2 Å². The van der Waals surface area contributed by atoms with Crippen molar-refractivity contribution in [1.29, 1.82) is 0 Å². The molecule has 2 heterocycles. The molecule has 0 aliphatic carbocycles. The fourth-order valence-corrected chi connectivity index (χ4v) is 4.87. The molecule has 2 aromatic carbocycles. The number of amides is 1. The van der Waals surface area contributed by atoms with E-state index in [9.17, 15) is 13.2 Å². The van der Waals surface area contributed by atoms with Crippen LogP contribution in [0, 0.1) is 6.92 Å². The number of fused-ring (bicyclic) bond motifs is 1. The molecule has 3 aromatic rings. The summed E-state index contributed by atoms with van der Waals surface area (Å²) in [7, 11) is -3.66. The van der Waals surface area contributed by atoms with Gasteiger partial charge in [0.05, 0.1) is 23.6 Å². The molecular weight excluding hydrogens is 380 g/mol. The lowest BCUT2D eigenvalue weighted by molar-refractivity contribution is 0.0730. The predicted molar refractivity (Wildman–Crippen MR) is 105 cm³/mol. The first-order valence-corrected chi connectivity index (χ1v) is 10.3. The van der Waals surface area contributed by atoms with E-state index in [-0.39, 0.29) is 10.6 Å².